The van der Waals surface area contributed by atoms with Crippen molar-refractivity contribution in [2.45, 2.75) is 57.5 Å². The highest BCUT2D eigenvalue weighted by Crippen LogP contribution is 2.40. The Hall–Kier alpha value is -3.38. The Morgan fingerprint density at radius 2 is 1.79 bits per heavy atom. The molecule has 2 aromatic rings. The van der Waals surface area contributed by atoms with Crippen LogP contribution in [0.15, 0.2) is 29.2 Å². The van der Waals surface area contributed by atoms with Crippen LogP contribution in [0, 0.1) is 11.3 Å². The zero-order valence-electron chi connectivity index (χ0n) is 24.2. The molecule has 236 valence electrons. The summed E-state index contributed by atoms with van der Waals surface area (Å²) in [5.74, 6) is -0.616. The lowest BCUT2D eigenvalue weighted by Gasteiger charge is -2.36. The first kappa shape index (κ1) is 35.8. The Morgan fingerprint density at radius 3 is 2.33 bits per heavy atom. The van der Waals surface area contributed by atoms with Gasteiger partial charge in [0.2, 0.25) is 0 Å². The van der Waals surface area contributed by atoms with Gasteiger partial charge in [-0.1, -0.05) is 18.5 Å². The van der Waals surface area contributed by atoms with E-state index in [9.17, 15) is 32.2 Å². The number of halogens is 4. The first-order chi connectivity index (χ1) is 19.6. The molecule has 2 amide bonds. The number of hydrogen-bond donors (Lipinski definition) is 2. The highest BCUT2D eigenvalue weighted by atomic mass is 35.5. The number of piperazine rings is 1. The van der Waals surface area contributed by atoms with Crippen LogP contribution in [-0.2, 0) is 34.8 Å². The van der Waals surface area contributed by atoms with E-state index in [2.05, 4.69) is 5.32 Å². The van der Waals surface area contributed by atoms with Crippen molar-refractivity contribution >= 4 is 40.1 Å². The van der Waals surface area contributed by atoms with E-state index in [1.165, 1.54) is 23.1 Å². The van der Waals surface area contributed by atoms with Gasteiger partial charge in [0.1, 0.15) is 5.60 Å². The molecular formula is C28H35ClF3N5O5S. The highest BCUT2D eigenvalue weighted by molar-refractivity contribution is 7.85. The van der Waals surface area contributed by atoms with Crippen molar-refractivity contribution in [3.63, 3.8) is 0 Å². The third-order valence-corrected chi connectivity index (χ3v) is 8.34. The molecule has 1 saturated heterocycles. The molecule has 0 spiro atoms. The van der Waals surface area contributed by atoms with E-state index in [1.807, 2.05) is 6.07 Å². The Balaban J connectivity index is 0.00000645. The van der Waals surface area contributed by atoms with Crippen LogP contribution in [0.5, 0.6) is 0 Å². The molecule has 0 aromatic heterocycles. The van der Waals surface area contributed by atoms with Crippen LogP contribution in [0.25, 0.3) is 0 Å². The van der Waals surface area contributed by atoms with Crippen molar-refractivity contribution in [1.82, 2.24) is 15.1 Å². The van der Waals surface area contributed by atoms with Crippen molar-refractivity contribution in [2.75, 3.05) is 37.7 Å². The zero-order chi connectivity index (χ0) is 31.4. The first-order valence-electron chi connectivity index (χ1n) is 13.1. The van der Waals surface area contributed by atoms with Crippen molar-refractivity contribution in [3.05, 3.63) is 57.1 Å². The molecule has 0 bridgehead atoms. The number of nitriles is 1. The number of amides is 2. The first-order valence-corrected chi connectivity index (χ1v) is 14.8. The van der Waals surface area contributed by atoms with Crippen LogP contribution < -0.4 is 11.1 Å². The molecule has 43 heavy (non-hydrogen) atoms. The minimum absolute atomic E-state index is 0. The molecule has 15 heteroatoms. The van der Waals surface area contributed by atoms with Gasteiger partial charge in [-0.25, -0.2) is 4.79 Å². The fraction of sp³-hybridized carbons (Fsp3) is 0.464. The van der Waals surface area contributed by atoms with Gasteiger partial charge in [0, 0.05) is 49.9 Å². The third-order valence-electron chi connectivity index (χ3n) is 6.50. The van der Waals surface area contributed by atoms with Crippen molar-refractivity contribution in [1.29, 1.82) is 5.26 Å². The number of benzene rings is 2. The van der Waals surface area contributed by atoms with Crippen molar-refractivity contribution in [2.24, 2.45) is 0 Å². The fourth-order valence-corrected chi connectivity index (χ4v) is 5.60. The van der Waals surface area contributed by atoms with Gasteiger partial charge in [-0.2, -0.15) is 18.4 Å². The average Bonchev–Trinajstić information content (AvgIpc) is 2.92. The molecule has 1 heterocycles. The number of alkyl halides is 3. The molecule has 1 aliphatic heterocycles. The van der Waals surface area contributed by atoms with Gasteiger partial charge in [-0.15, -0.1) is 0 Å². The van der Waals surface area contributed by atoms with Crippen LogP contribution >= 0.6 is 11.6 Å². The van der Waals surface area contributed by atoms with Crippen LogP contribution in [0.2, 0.25) is 5.02 Å². The van der Waals surface area contributed by atoms with E-state index in [4.69, 9.17) is 22.1 Å². The SMILES string of the molecule is CCS(=O)c1ccc(C#N)cc1CNC(=O)c1cc(C(F)(F)F)c(CN2CCN(C(=O)OC(C)(C)C)CC2)c(Cl)c1N.O. The molecule has 5 N–H and O–H groups in total. The van der Waals surface area contributed by atoms with Crippen LogP contribution in [0.4, 0.5) is 23.7 Å². The van der Waals surface area contributed by atoms with E-state index in [1.54, 1.807) is 32.6 Å². The van der Waals surface area contributed by atoms with E-state index in [0.29, 0.717) is 22.3 Å². The second kappa shape index (κ2) is 14.4. The summed E-state index contributed by atoms with van der Waals surface area (Å²) in [6, 6.07) is 7.13. The molecule has 0 radical (unpaired) electrons. The summed E-state index contributed by atoms with van der Waals surface area (Å²) in [6.07, 6.45) is -5.34. The monoisotopic (exact) mass is 645 g/mol. The maximum Gasteiger partial charge on any atom is 0.416 e. The van der Waals surface area contributed by atoms with E-state index in [0.717, 1.165) is 0 Å². The molecule has 0 aliphatic carbocycles. The van der Waals surface area contributed by atoms with Crippen LogP contribution in [0.3, 0.4) is 0 Å². The number of nitrogen functional groups attached to an aromatic ring is 1. The Bertz CT molecular complexity index is 1420. The minimum atomic E-state index is -4.84. The summed E-state index contributed by atoms with van der Waals surface area (Å²) in [5.41, 5.74) is 3.95. The average molecular weight is 646 g/mol. The summed E-state index contributed by atoms with van der Waals surface area (Å²) in [6.45, 7) is 7.60. The summed E-state index contributed by atoms with van der Waals surface area (Å²) in [4.78, 5) is 29.0. The predicted molar refractivity (Wildman–Crippen MR) is 157 cm³/mol. The Kier molecular flexibility index (Phi) is 12.0. The molecule has 10 nitrogen and oxygen atoms in total. The van der Waals surface area contributed by atoms with Crippen LogP contribution in [0.1, 0.15) is 60.3 Å². The molecule has 0 saturated carbocycles. The molecular weight excluding hydrogens is 611 g/mol. The zero-order valence-corrected chi connectivity index (χ0v) is 25.8. The predicted octanol–water partition coefficient (Wildman–Crippen LogP) is 4.10. The number of ether oxygens (including phenoxy) is 1. The number of hydrogen-bond acceptors (Lipinski definition) is 7. The number of carbonyl (C=O) groups excluding carboxylic acids is 2. The summed E-state index contributed by atoms with van der Waals surface area (Å²) >= 11 is 6.37. The van der Waals surface area contributed by atoms with E-state index >= 15 is 0 Å². The molecule has 1 fully saturated rings. The summed E-state index contributed by atoms with van der Waals surface area (Å²) in [5, 5.41) is 11.4. The molecule has 1 atom stereocenters. The summed E-state index contributed by atoms with van der Waals surface area (Å²) < 4.78 is 60.4. The lowest BCUT2D eigenvalue weighted by Crippen LogP contribution is -2.49. The van der Waals surface area contributed by atoms with E-state index in [-0.39, 0.29) is 66.6 Å². The lowest BCUT2D eigenvalue weighted by molar-refractivity contribution is -0.138. The number of carbonyl (C=O) groups is 2. The van der Waals surface area contributed by atoms with Gasteiger partial charge in [0.05, 0.1) is 44.3 Å². The Morgan fingerprint density at radius 1 is 1.16 bits per heavy atom. The smallest absolute Gasteiger partial charge is 0.416 e. The van der Waals surface area contributed by atoms with Crippen molar-refractivity contribution in [3.8, 4) is 6.07 Å². The number of anilines is 1. The standard InChI is InChI=1S/C28H33ClF3N5O4S.H2O/c1-5-42(40)22-7-6-17(14-33)12-18(22)15-35-25(38)19-13-21(28(30,31)32)20(23(29)24(19)34)16-36-8-10-37(11-9-36)26(39)41-27(2,3)4;/h6-7,12-13H,5,8-11,15-16,34H2,1-4H3,(H,35,38);1H2. The number of nitrogens with two attached hydrogens (primary N) is 1. The van der Waals surface area contributed by atoms with Gasteiger partial charge >= 0.3 is 12.3 Å². The number of rotatable bonds is 7. The van der Waals surface area contributed by atoms with Gasteiger partial charge in [-0.05, 0) is 56.2 Å². The highest BCUT2D eigenvalue weighted by Gasteiger charge is 2.37. The summed E-state index contributed by atoms with van der Waals surface area (Å²) in [7, 11) is -1.40. The maximum atomic E-state index is 14.2. The Labute approximate surface area is 255 Å². The topological polar surface area (TPSA) is 160 Å². The minimum Gasteiger partial charge on any atom is -0.444 e. The number of nitrogens with zero attached hydrogens (tertiary/aromatic N) is 3. The quantitative estimate of drug-likeness (QED) is 0.429. The third kappa shape index (κ3) is 9.06. The van der Waals surface area contributed by atoms with Gasteiger partial charge in [0.15, 0.2) is 0 Å². The van der Waals surface area contributed by atoms with E-state index < -0.39 is 45.7 Å². The normalized spacial score (nSPS) is 14.8. The van der Waals surface area contributed by atoms with Gasteiger partial charge in [-0.3, -0.25) is 13.9 Å². The number of nitrogens with one attached hydrogen (secondary N) is 1. The molecule has 1 aliphatic rings. The van der Waals surface area contributed by atoms with Crippen molar-refractivity contribution < 1.29 is 37.2 Å². The van der Waals surface area contributed by atoms with Crippen LogP contribution in [-0.4, -0.2) is 69.0 Å². The molecule has 3 rings (SSSR count). The molecule has 2 aromatic carbocycles. The lowest BCUT2D eigenvalue weighted by atomic mass is 9.99. The molecule has 1 unspecified atom stereocenters. The largest absolute Gasteiger partial charge is 0.444 e. The fourth-order valence-electron chi connectivity index (χ4n) is 4.38. The second-order valence-electron chi connectivity index (χ2n) is 10.7. The maximum absolute atomic E-state index is 14.2. The second-order valence-corrected chi connectivity index (χ2v) is 12.8. The van der Waals surface area contributed by atoms with Gasteiger partial charge in [0.25, 0.3) is 5.91 Å². The van der Waals surface area contributed by atoms with Gasteiger partial charge < -0.3 is 26.2 Å².